The fourth-order valence-electron chi connectivity index (χ4n) is 2.34. The maximum Gasteiger partial charge on any atom is 0.238 e. The molecule has 1 fully saturated rings. The van der Waals surface area contributed by atoms with Gasteiger partial charge in [0.1, 0.15) is 17.0 Å². The molecule has 1 atom stereocenters. The van der Waals surface area contributed by atoms with Gasteiger partial charge in [0, 0.05) is 11.3 Å². The largest absolute Gasteiger partial charge is 0.295 e. The summed E-state index contributed by atoms with van der Waals surface area (Å²) >= 11 is 1.34. The highest BCUT2D eigenvalue weighted by Gasteiger charge is 2.35. The normalized spacial score (nSPS) is 18.3. The molecule has 0 bridgehead atoms. The molecule has 1 heterocycles. The number of benzene rings is 2. The third kappa shape index (κ3) is 2.53. The van der Waals surface area contributed by atoms with Crippen LogP contribution in [0.2, 0.25) is 0 Å². The zero-order chi connectivity index (χ0) is 15.0. The third-order valence-electron chi connectivity index (χ3n) is 3.47. The Hall–Kier alpha value is -1.88. The van der Waals surface area contributed by atoms with E-state index < -0.39 is 5.37 Å². The molecule has 1 amide bonds. The van der Waals surface area contributed by atoms with Crippen LogP contribution in [-0.2, 0) is 4.79 Å². The van der Waals surface area contributed by atoms with Gasteiger partial charge in [0.05, 0.1) is 5.75 Å². The molecule has 2 aromatic rings. The third-order valence-corrected chi connectivity index (χ3v) is 4.67. The lowest BCUT2D eigenvalue weighted by Gasteiger charge is -2.24. The Kier molecular flexibility index (Phi) is 3.68. The molecule has 21 heavy (non-hydrogen) atoms. The second-order valence-electron chi connectivity index (χ2n) is 4.88. The summed E-state index contributed by atoms with van der Waals surface area (Å²) in [6, 6.07) is 11.0. The first-order chi connectivity index (χ1) is 10.1. The van der Waals surface area contributed by atoms with Crippen molar-refractivity contribution < 1.29 is 13.6 Å². The van der Waals surface area contributed by atoms with E-state index in [0.717, 1.165) is 0 Å². The van der Waals surface area contributed by atoms with Crippen molar-refractivity contribution in [2.75, 3.05) is 10.7 Å². The van der Waals surface area contributed by atoms with Crippen molar-refractivity contribution in [2.45, 2.75) is 12.3 Å². The summed E-state index contributed by atoms with van der Waals surface area (Å²) < 4.78 is 27.7. The molecular weight excluding hydrogens is 292 g/mol. The molecule has 1 aliphatic rings. The van der Waals surface area contributed by atoms with Crippen LogP contribution < -0.4 is 4.90 Å². The number of hydrogen-bond acceptors (Lipinski definition) is 2. The summed E-state index contributed by atoms with van der Waals surface area (Å²) in [5, 5.41) is -0.458. The van der Waals surface area contributed by atoms with Crippen LogP contribution >= 0.6 is 11.8 Å². The Bertz CT molecular complexity index is 704. The molecule has 0 spiro atoms. The van der Waals surface area contributed by atoms with Crippen molar-refractivity contribution in [3.8, 4) is 0 Å². The van der Waals surface area contributed by atoms with Gasteiger partial charge in [0.25, 0.3) is 0 Å². The van der Waals surface area contributed by atoms with Crippen molar-refractivity contribution in [2.24, 2.45) is 0 Å². The van der Waals surface area contributed by atoms with Crippen LogP contribution in [0.1, 0.15) is 16.5 Å². The molecule has 0 saturated carbocycles. The second-order valence-corrected chi connectivity index (χ2v) is 5.95. The summed E-state index contributed by atoms with van der Waals surface area (Å²) in [6.07, 6.45) is 0. The Labute approximate surface area is 125 Å². The van der Waals surface area contributed by atoms with E-state index in [4.69, 9.17) is 0 Å². The Morgan fingerprint density at radius 1 is 1.14 bits per heavy atom. The van der Waals surface area contributed by atoms with E-state index in [1.807, 2.05) is 0 Å². The first kappa shape index (κ1) is 14.1. The number of rotatable bonds is 2. The van der Waals surface area contributed by atoms with E-state index in [1.165, 1.54) is 28.8 Å². The lowest BCUT2D eigenvalue weighted by Crippen LogP contribution is -2.28. The predicted octanol–water partition coefficient (Wildman–Crippen LogP) is 4.05. The minimum absolute atomic E-state index is 0.142. The lowest BCUT2D eigenvalue weighted by atomic mass is 10.1. The summed E-state index contributed by atoms with van der Waals surface area (Å²) in [4.78, 5) is 13.6. The number of anilines is 1. The summed E-state index contributed by atoms with van der Waals surface area (Å²) in [5.74, 6) is -0.614. The molecular formula is C16H13F2NOS. The topological polar surface area (TPSA) is 20.3 Å². The summed E-state index contributed by atoms with van der Waals surface area (Å²) in [6.45, 7) is 1.66. The van der Waals surface area contributed by atoms with Crippen molar-refractivity contribution in [3.63, 3.8) is 0 Å². The van der Waals surface area contributed by atoms with Crippen LogP contribution in [0.3, 0.4) is 0 Å². The van der Waals surface area contributed by atoms with Gasteiger partial charge in [0.15, 0.2) is 0 Å². The van der Waals surface area contributed by atoms with Gasteiger partial charge >= 0.3 is 0 Å². The molecule has 0 aliphatic carbocycles. The number of carbonyl (C=O) groups excluding carboxylic acids is 1. The van der Waals surface area contributed by atoms with Crippen LogP contribution in [0.15, 0.2) is 42.5 Å². The Balaban J connectivity index is 2.04. The summed E-state index contributed by atoms with van der Waals surface area (Å²) in [7, 11) is 0. The first-order valence-corrected chi connectivity index (χ1v) is 7.57. The van der Waals surface area contributed by atoms with Gasteiger partial charge in [-0.15, -0.1) is 11.8 Å². The fraction of sp³-hybridized carbons (Fsp3) is 0.188. The molecule has 0 radical (unpaired) electrons. The molecule has 1 aliphatic heterocycles. The molecule has 0 unspecified atom stereocenters. The molecule has 1 saturated heterocycles. The van der Waals surface area contributed by atoms with Crippen molar-refractivity contribution in [1.29, 1.82) is 0 Å². The van der Waals surface area contributed by atoms with Gasteiger partial charge in [-0.05, 0) is 30.7 Å². The highest BCUT2D eigenvalue weighted by atomic mass is 32.2. The van der Waals surface area contributed by atoms with E-state index in [9.17, 15) is 13.6 Å². The smallest absolute Gasteiger partial charge is 0.238 e. The average molecular weight is 305 g/mol. The average Bonchev–Trinajstić information content (AvgIpc) is 2.84. The molecule has 0 aromatic heterocycles. The molecule has 5 heteroatoms. The van der Waals surface area contributed by atoms with Gasteiger partial charge < -0.3 is 0 Å². The lowest BCUT2D eigenvalue weighted by molar-refractivity contribution is -0.115. The zero-order valence-corrected chi connectivity index (χ0v) is 12.2. The first-order valence-electron chi connectivity index (χ1n) is 6.52. The monoisotopic (exact) mass is 305 g/mol. The van der Waals surface area contributed by atoms with Crippen molar-refractivity contribution >= 4 is 23.4 Å². The quantitative estimate of drug-likeness (QED) is 0.834. The molecule has 2 nitrogen and oxygen atoms in total. The Morgan fingerprint density at radius 2 is 1.90 bits per heavy atom. The highest BCUT2D eigenvalue weighted by molar-refractivity contribution is 8.00. The predicted molar refractivity (Wildman–Crippen MR) is 80.2 cm³/mol. The molecule has 2 aromatic carbocycles. The molecule has 3 rings (SSSR count). The molecule has 108 valence electrons. The van der Waals surface area contributed by atoms with Crippen molar-refractivity contribution in [1.82, 2.24) is 0 Å². The molecule has 0 N–H and O–H groups in total. The van der Waals surface area contributed by atoms with E-state index in [0.29, 0.717) is 16.8 Å². The van der Waals surface area contributed by atoms with Crippen LogP contribution in [0.25, 0.3) is 0 Å². The van der Waals surface area contributed by atoms with Gasteiger partial charge in [-0.2, -0.15) is 0 Å². The van der Waals surface area contributed by atoms with Crippen LogP contribution in [-0.4, -0.2) is 11.7 Å². The number of amides is 1. The number of thioether (sulfide) groups is 1. The number of hydrogen-bond donors (Lipinski definition) is 0. The van der Waals surface area contributed by atoms with Gasteiger partial charge in [-0.3, -0.25) is 9.69 Å². The van der Waals surface area contributed by atoms with E-state index in [2.05, 4.69) is 0 Å². The number of aryl methyl sites for hydroxylation is 1. The van der Waals surface area contributed by atoms with Crippen LogP contribution in [0.4, 0.5) is 14.5 Å². The van der Waals surface area contributed by atoms with Crippen LogP contribution in [0.5, 0.6) is 0 Å². The SMILES string of the molecule is Cc1ccc(N2C(=O)CS[C@@H]2c2ccccc2F)cc1F. The second kappa shape index (κ2) is 5.48. The number of nitrogens with zero attached hydrogens (tertiary/aromatic N) is 1. The van der Waals surface area contributed by atoms with Gasteiger partial charge in [-0.1, -0.05) is 24.3 Å². The highest BCUT2D eigenvalue weighted by Crippen LogP contribution is 2.42. The van der Waals surface area contributed by atoms with Gasteiger partial charge in [0.2, 0.25) is 5.91 Å². The maximum absolute atomic E-state index is 14.0. The van der Waals surface area contributed by atoms with E-state index in [-0.39, 0.29) is 23.3 Å². The van der Waals surface area contributed by atoms with Crippen molar-refractivity contribution in [3.05, 3.63) is 65.2 Å². The minimum atomic E-state index is -0.458. The van der Waals surface area contributed by atoms with E-state index in [1.54, 1.807) is 37.3 Å². The fourth-order valence-corrected chi connectivity index (χ4v) is 3.54. The minimum Gasteiger partial charge on any atom is -0.295 e. The maximum atomic E-state index is 14.0. The number of halogens is 2. The number of carbonyl (C=O) groups is 1. The van der Waals surface area contributed by atoms with E-state index >= 15 is 0 Å². The summed E-state index contributed by atoms with van der Waals surface area (Å²) in [5.41, 5.74) is 1.41. The van der Waals surface area contributed by atoms with Gasteiger partial charge in [-0.25, -0.2) is 8.78 Å². The Morgan fingerprint density at radius 3 is 2.62 bits per heavy atom. The standard InChI is InChI=1S/C16H13F2NOS/c1-10-6-7-11(8-14(10)18)19-15(20)9-21-16(19)12-4-2-3-5-13(12)17/h2-8,16H,9H2,1H3/t16-/m1/s1. The van der Waals surface area contributed by atoms with Crippen LogP contribution in [0, 0.1) is 18.6 Å². The zero-order valence-electron chi connectivity index (χ0n) is 11.3.